The lowest BCUT2D eigenvalue weighted by Gasteiger charge is -2.01. The van der Waals surface area contributed by atoms with Gasteiger partial charge in [-0.3, -0.25) is 9.59 Å². The monoisotopic (exact) mass is 336 g/mol. The Kier molecular flexibility index (Phi) is 4.86. The summed E-state index contributed by atoms with van der Waals surface area (Å²) in [6, 6.07) is 0. The number of nitrogens with zero attached hydrogens (tertiary/aromatic N) is 4. The Morgan fingerprint density at radius 2 is 2.09 bits per heavy atom. The fourth-order valence-corrected chi connectivity index (χ4v) is 1.80. The molecule has 0 saturated carbocycles. The fraction of sp³-hybridized carbons (Fsp3) is 0.167. The van der Waals surface area contributed by atoms with Gasteiger partial charge in [0.05, 0.1) is 6.33 Å². The second-order valence-corrected chi connectivity index (χ2v) is 4.72. The highest BCUT2D eigenvalue weighted by Crippen LogP contribution is 2.15. The summed E-state index contributed by atoms with van der Waals surface area (Å²) in [5.74, 6) is 0.441. The average molecular weight is 337 g/mol. The molecule has 0 aliphatic heterocycles. The quantitative estimate of drug-likeness (QED) is 0.475. The molecule has 0 fully saturated rings. The number of carbonyl (C=O) groups is 1. The number of nitrogens with one attached hydrogen (secondary N) is 3. The number of hydrogen-bond acceptors (Lipinski definition) is 7. The molecule has 0 aromatic carbocycles. The molecule has 0 unspecified atom stereocenters. The first kappa shape index (κ1) is 16.4. The highest BCUT2D eigenvalue weighted by atomic mass is 35.5. The van der Waals surface area contributed by atoms with Gasteiger partial charge >= 0.3 is 0 Å². The molecule has 3 rings (SSSR count). The van der Waals surface area contributed by atoms with Gasteiger partial charge in [0.25, 0.3) is 5.56 Å². The minimum atomic E-state index is -0.460. The molecule has 0 saturated heterocycles. The van der Waals surface area contributed by atoms with E-state index in [-0.39, 0.29) is 17.4 Å². The van der Waals surface area contributed by atoms with E-state index in [9.17, 15) is 9.59 Å². The molecule has 0 atom stereocenters. The summed E-state index contributed by atoms with van der Waals surface area (Å²) in [6.07, 6.45) is 2.56. The molecule has 0 aliphatic carbocycles. The number of halogens is 1. The van der Waals surface area contributed by atoms with Crippen LogP contribution in [0.5, 0.6) is 0 Å². The van der Waals surface area contributed by atoms with E-state index >= 15 is 0 Å². The van der Waals surface area contributed by atoms with Crippen molar-refractivity contribution in [2.24, 2.45) is 0 Å². The molecule has 11 heteroatoms. The fourth-order valence-electron chi connectivity index (χ4n) is 1.63. The van der Waals surface area contributed by atoms with Crippen LogP contribution >= 0.6 is 11.6 Å². The summed E-state index contributed by atoms with van der Waals surface area (Å²) in [5, 5.41) is 2.68. The molecule has 120 valence electrons. The molecule has 0 bridgehead atoms. The molecule has 5 N–H and O–H groups in total. The van der Waals surface area contributed by atoms with Gasteiger partial charge in [0.15, 0.2) is 16.6 Å². The lowest BCUT2D eigenvalue weighted by molar-refractivity contribution is -0.114. The Balaban J connectivity index is 0.000000167. The van der Waals surface area contributed by atoms with E-state index in [1.54, 1.807) is 0 Å². The normalized spacial score (nSPS) is 10.0. The van der Waals surface area contributed by atoms with Crippen LogP contribution in [-0.4, -0.2) is 35.8 Å². The maximum absolute atomic E-state index is 11.0. The molecular formula is C12H13ClN8O2. The van der Waals surface area contributed by atoms with Gasteiger partial charge in [-0.15, -0.1) is 0 Å². The number of aromatic amines is 2. The number of carbonyl (C=O) groups excluding carboxylic acids is 1. The number of nitrogens with two attached hydrogens (primary N) is 1. The van der Waals surface area contributed by atoms with Gasteiger partial charge in [0.2, 0.25) is 5.91 Å². The topological polar surface area (TPSA) is 155 Å². The Labute approximate surface area is 134 Å². The Hall–Kier alpha value is -3.01. The van der Waals surface area contributed by atoms with Crippen molar-refractivity contribution in [2.75, 3.05) is 11.1 Å². The molecule has 0 aliphatic rings. The van der Waals surface area contributed by atoms with Crippen LogP contribution in [0.25, 0.3) is 11.2 Å². The standard InChI is InChI=1S/C6H5ClN4.C6H8N4O2/c1-3-10-4-5(7)8-2-9-6(4)11-3;1-3(11)10-4-5(7)8-2-9-6(4)12/h2H,1H3,(H,8,9,10,11);2H,1H3,(H,10,11)(H3,7,8,9,12). The van der Waals surface area contributed by atoms with Gasteiger partial charge in [-0.25, -0.2) is 19.9 Å². The molecule has 0 spiro atoms. The lowest BCUT2D eigenvalue weighted by atomic mass is 10.4. The van der Waals surface area contributed by atoms with Crippen molar-refractivity contribution in [1.82, 2.24) is 29.9 Å². The molecule has 23 heavy (non-hydrogen) atoms. The molecule has 3 aromatic rings. The first-order valence-corrected chi connectivity index (χ1v) is 6.70. The minimum Gasteiger partial charge on any atom is -0.382 e. The second kappa shape index (κ2) is 6.83. The van der Waals surface area contributed by atoms with Crippen LogP contribution in [0.2, 0.25) is 5.15 Å². The molecule has 3 heterocycles. The Bertz CT molecular complexity index is 903. The largest absolute Gasteiger partial charge is 0.382 e. The summed E-state index contributed by atoms with van der Waals surface area (Å²) < 4.78 is 0. The van der Waals surface area contributed by atoms with Gasteiger partial charge in [-0.2, -0.15) is 0 Å². The number of aromatic nitrogens is 6. The van der Waals surface area contributed by atoms with Crippen molar-refractivity contribution in [2.45, 2.75) is 13.8 Å². The van der Waals surface area contributed by atoms with Crippen LogP contribution in [0, 0.1) is 6.92 Å². The van der Waals surface area contributed by atoms with Gasteiger partial charge in [-0.1, -0.05) is 11.6 Å². The zero-order chi connectivity index (χ0) is 17.0. The SMILES string of the molecule is CC(=O)Nc1c(N)nc[nH]c1=O.Cc1nc2ncnc(Cl)c2[nH]1. The zero-order valence-corrected chi connectivity index (χ0v) is 13.0. The van der Waals surface area contributed by atoms with E-state index in [0.717, 1.165) is 5.82 Å². The van der Waals surface area contributed by atoms with Crippen molar-refractivity contribution in [3.63, 3.8) is 0 Å². The third-order valence-corrected chi connectivity index (χ3v) is 2.83. The Morgan fingerprint density at radius 3 is 2.70 bits per heavy atom. The van der Waals surface area contributed by atoms with E-state index < -0.39 is 5.56 Å². The molecule has 3 aromatic heterocycles. The number of nitrogen functional groups attached to an aromatic ring is 1. The van der Waals surface area contributed by atoms with Crippen molar-refractivity contribution in [3.8, 4) is 0 Å². The smallest absolute Gasteiger partial charge is 0.276 e. The van der Waals surface area contributed by atoms with Crippen LogP contribution in [0.1, 0.15) is 12.7 Å². The minimum absolute atomic E-state index is 0.00829. The summed E-state index contributed by atoms with van der Waals surface area (Å²) >= 11 is 5.75. The molecule has 0 radical (unpaired) electrons. The average Bonchev–Trinajstić information content (AvgIpc) is 2.86. The van der Waals surface area contributed by atoms with Gasteiger partial charge < -0.3 is 21.0 Å². The van der Waals surface area contributed by atoms with Crippen molar-refractivity contribution in [3.05, 3.63) is 34.0 Å². The first-order valence-electron chi connectivity index (χ1n) is 6.32. The van der Waals surface area contributed by atoms with Crippen LogP contribution in [0.15, 0.2) is 17.4 Å². The van der Waals surface area contributed by atoms with Crippen LogP contribution < -0.4 is 16.6 Å². The van der Waals surface area contributed by atoms with E-state index in [1.807, 2.05) is 6.92 Å². The van der Waals surface area contributed by atoms with Gasteiger partial charge in [0, 0.05) is 6.92 Å². The number of fused-ring (bicyclic) bond motifs is 1. The second-order valence-electron chi connectivity index (χ2n) is 4.36. The van der Waals surface area contributed by atoms with E-state index in [0.29, 0.717) is 16.3 Å². The van der Waals surface area contributed by atoms with Crippen molar-refractivity contribution >= 4 is 40.2 Å². The van der Waals surface area contributed by atoms with Crippen LogP contribution in [0.4, 0.5) is 11.5 Å². The number of imidazole rings is 1. The lowest BCUT2D eigenvalue weighted by Crippen LogP contribution is -2.19. The highest BCUT2D eigenvalue weighted by molar-refractivity contribution is 6.33. The molecular weight excluding hydrogens is 324 g/mol. The maximum atomic E-state index is 11.0. The van der Waals surface area contributed by atoms with E-state index in [2.05, 4.69) is 35.2 Å². The van der Waals surface area contributed by atoms with Gasteiger partial charge in [-0.05, 0) is 6.92 Å². The van der Waals surface area contributed by atoms with Gasteiger partial charge in [0.1, 0.15) is 23.4 Å². The number of anilines is 2. The number of amides is 1. The number of hydrogen-bond donors (Lipinski definition) is 4. The number of H-pyrrole nitrogens is 2. The van der Waals surface area contributed by atoms with E-state index in [1.165, 1.54) is 19.6 Å². The third kappa shape index (κ3) is 4.01. The number of aryl methyl sites for hydroxylation is 1. The third-order valence-electron chi connectivity index (χ3n) is 2.54. The summed E-state index contributed by atoms with van der Waals surface area (Å²) in [7, 11) is 0. The van der Waals surface area contributed by atoms with Crippen molar-refractivity contribution in [1.29, 1.82) is 0 Å². The maximum Gasteiger partial charge on any atom is 0.276 e. The predicted octanol–water partition coefficient (Wildman–Crippen LogP) is 0.625. The molecule has 10 nitrogen and oxygen atoms in total. The number of rotatable bonds is 1. The van der Waals surface area contributed by atoms with Crippen LogP contribution in [-0.2, 0) is 4.79 Å². The van der Waals surface area contributed by atoms with Crippen LogP contribution in [0.3, 0.4) is 0 Å². The van der Waals surface area contributed by atoms with E-state index in [4.69, 9.17) is 17.3 Å². The first-order chi connectivity index (χ1) is 10.9. The summed E-state index contributed by atoms with van der Waals surface area (Å²) in [4.78, 5) is 42.2. The predicted molar refractivity (Wildman–Crippen MR) is 85.0 cm³/mol. The summed E-state index contributed by atoms with van der Waals surface area (Å²) in [5.41, 5.74) is 6.17. The Morgan fingerprint density at radius 1 is 1.35 bits per heavy atom. The zero-order valence-electron chi connectivity index (χ0n) is 12.2. The summed E-state index contributed by atoms with van der Waals surface area (Å²) in [6.45, 7) is 3.13. The highest BCUT2D eigenvalue weighted by Gasteiger charge is 2.05. The van der Waals surface area contributed by atoms with Crippen molar-refractivity contribution < 1.29 is 4.79 Å². The molecule has 1 amide bonds.